The minimum absolute atomic E-state index is 0.998. The summed E-state index contributed by atoms with van der Waals surface area (Å²) in [5.41, 5.74) is 2.76. The summed E-state index contributed by atoms with van der Waals surface area (Å²) in [6, 6.07) is 15.2. The first kappa shape index (κ1) is 8.69. The molecule has 0 aliphatic carbocycles. The summed E-state index contributed by atoms with van der Waals surface area (Å²) in [6.07, 6.45) is 2.27. The quantitative estimate of drug-likeness (QED) is 0.737. The number of rotatable bonds is 1. The molecule has 0 bridgehead atoms. The van der Waals surface area contributed by atoms with Crippen molar-refractivity contribution in [1.82, 2.24) is 5.32 Å². The fraction of sp³-hybridized carbons (Fsp3) is 0.143. The SMILES string of the molecule is C1=C(c2ccc3ccccc3c2)CNC1. The van der Waals surface area contributed by atoms with Crippen molar-refractivity contribution in [3.8, 4) is 0 Å². The van der Waals surface area contributed by atoms with Crippen LogP contribution in [-0.2, 0) is 0 Å². The largest absolute Gasteiger partial charge is 0.309 e. The van der Waals surface area contributed by atoms with Crippen LogP contribution in [-0.4, -0.2) is 13.1 Å². The highest BCUT2D eigenvalue weighted by Crippen LogP contribution is 2.21. The lowest BCUT2D eigenvalue weighted by Crippen LogP contribution is -2.07. The maximum Gasteiger partial charge on any atom is 0.0211 e. The molecule has 0 amide bonds. The average molecular weight is 195 g/mol. The Morgan fingerprint density at radius 1 is 0.933 bits per heavy atom. The minimum Gasteiger partial charge on any atom is -0.309 e. The van der Waals surface area contributed by atoms with Crippen LogP contribution in [0.2, 0.25) is 0 Å². The van der Waals surface area contributed by atoms with Gasteiger partial charge in [0.25, 0.3) is 0 Å². The van der Waals surface area contributed by atoms with E-state index in [4.69, 9.17) is 0 Å². The number of hydrogen-bond donors (Lipinski definition) is 1. The molecule has 0 unspecified atom stereocenters. The Hall–Kier alpha value is -1.60. The lowest BCUT2D eigenvalue weighted by Gasteiger charge is -2.04. The third-order valence-electron chi connectivity index (χ3n) is 2.93. The van der Waals surface area contributed by atoms with Gasteiger partial charge in [-0.05, 0) is 28.0 Å². The molecule has 0 saturated heterocycles. The van der Waals surface area contributed by atoms with Crippen LogP contribution in [0.25, 0.3) is 16.3 Å². The van der Waals surface area contributed by atoms with Crippen molar-refractivity contribution in [2.75, 3.05) is 13.1 Å². The zero-order chi connectivity index (χ0) is 10.1. The molecule has 1 N–H and O–H groups in total. The zero-order valence-corrected chi connectivity index (χ0v) is 8.53. The predicted molar refractivity (Wildman–Crippen MR) is 64.8 cm³/mol. The maximum absolute atomic E-state index is 3.33. The van der Waals surface area contributed by atoms with Crippen molar-refractivity contribution >= 4 is 16.3 Å². The Balaban J connectivity index is 2.13. The van der Waals surface area contributed by atoms with Crippen molar-refractivity contribution < 1.29 is 0 Å². The van der Waals surface area contributed by atoms with Crippen LogP contribution in [0.3, 0.4) is 0 Å². The van der Waals surface area contributed by atoms with Gasteiger partial charge >= 0.3 is 0 Å². The van der Waals surface area contributed by atoms with Gasteiger partial charge in [-0.25, -0.2) is 0 Å². The normalized spacial score (nSPS) is 15.6. The van der Waals surface area contributed by atoms with Crippen molar-refractivity contribution in [2.24, 2.45) is 0 Å². The molecule has 1 aliphatic rings. The summed E-state index contributed by atoms with van der Waals surface area (Å²) in [5.74, 6) is 0. The van der Waals surface area contributed by atoms with Gasteiger partial charge in [-0.3, -0.25) is 0 Å². The Bertz CT molecular complexity index is 526. The smallest absolute Gasteiger partial charge is 0.0211 e. The van der Waals surface area contributed by atoms with Crippen molar-refractivity contribution in [2.45, 2.75) is 0 Å². The maximum atomic E-state index is 3.33. The van der Waals surface area contributed by atoms with E-state index in [-0.39, 0.29) is 0 Å². The molecule has 74 valence electrons. The predicted octanol–water partition coefficient (Wildman–Crippen LogP) is 2.83. The molecular weight excluding hydrogens is 182 g/mol. The van der Waals surface area contributed by atoms with E-state index in [1.165, 1.54) is 21.9 Å². The van der Waals surface area contributed by atoms with E-state index >= 15 is 0 Å². The third kappa shape index (κ3) is 1.55. The Labute approximate surface area is 89.4 Å². The van der Waals surface area contributed by atoms with Crippen LogP contribution < -0.4 is 5.32 Å². The van der Waals surface area contributed by atoms with Gasteiger partial charge < -0.3 is 5.32 Å². The first-order valence-corrected chi connectivity index (χ1v) is 5.32. The second kappa shape index (κ2) is 3.52. The number of nitrogens with one attached hydrogen (secondary N) is 1. The minimum atomic E-state index is 0.998. The average Bonchev–Trinajstić information content (AvgIpc) is 2.82. The van der Waals surface area contributed by atoms with E-state index in [1.54, 1.807) is 0 Å². The summed E-state index contributed by atoms with van der Waals surface area (Å²) < 4.78 is 0. The molecular formula is C14H13N. The van der Waals surface area contributed by atoms with E-state index in [1.807, 2.05) is 0 Å². The van der Waals surface area contributed by atoms with Gasteiger partial charge in [0.15, 0.2) is 0 Å². The second-order valence-corrected chi connectivity index (χ2v) is 3.92. The molecule has 2 aromatic rings. The van der Waals surface area contributed by atoms with E-state index in [9.17, 15) is 0 Å². The zero-order valence-electron chi connectivity index (χ0n) is 8.53. The number of benzene rings is 2. The molecule has 15 heavy (non-hydrogen) atoms. The van der Waals surface area contributed by atoms with Gasteiger partial charge in [-0.2, -0.15) is 0 Å². The summed E-state index contributed by atoms with van der Waals surface area (Å²) in [4.78, 5) is 0. The fourth-order valence-electron chi connectivity index (χ4n) is 2.08. The van der Waals surface area contributed by atoms with Crippen LogP contribution in [0, 0.1) is 0 Å². The third-order valence-corrected chi connectivity index (χ3v) is 2.93. The summed E-state index contributed by atoms with van der Waals surface area (Å²) in [7, 11) is 0. The summed E-state index contributed by atoms with van der Waals surface area (Å²) in [6.45, 7) is 2.00. The molecule has 0 spiro atoms. The number of hydrogen-bond acceptors (Lipinski definition) is 1. The van der Waals surface area contributed by atoms with Crippen LogP contribution in [0.1, 0.15) is 5.56 Å². The molecule has 2 aromatic carbocycles. The number of fused-ring (bicyclic) bond motifs is 1. The van der Waals surface area contributed by atoms with Crippen LogP contribution in [0.5, 0.6) is 0 Å². The first-order valence-electron chi connectivity index (χ1n) is 5.32. The molecule has 1 heteroatoms. The molecule has 1 nitrogen and oxygen atoms in total. The first-order chi connectivity index (χ1) is 7.43. The summed E-state index contributed by atoms with van der Waals surface area (Å²) in [5, 5.41) is 5.96. The Kier molecular flexibility index (Phi) is 2.04. The van der Waals surface area contributed by atoms with Gasteiger partial charge in [0.1, 0.15) is 0 Å². The lowest BCUT2D eigenvalue weighted by atomic mass is 10.0. The van der Waals surface area contributed by atoms with Gasteiger partial charge in [-0.1, -0.05) is 42.5 Å². The van der Waals surface area contributed by atoms with Gasteiger partial charge in [0, 0.05) is 13.1 Å². The molecule has 0 fully saturated rings. The molecule has 0 radical (unpaired) electrons. The highest BCUT2D eigenvalue weighted by molar-refractivity contribution is 5.86. The van der Waals surface area contributed by atoms with Crippen LogP contribution in [0.15, 0.2) is 48.5 Å². The highest BCUT2D eigenvalue weighted by Gasteiger charge is 2.06. The molecule has 0 atom stereocenters. The van der Waals surface area contributed by atoms with E-state index in [0.29, 0.717) is 0 Å². The highest BCUT2D eigenvalue weighted by atomic mass is 14.9. The van der Waals surface area contributed by atoms with Crippen molar-refractivity contribution in [1.29, 1.82) is 0 Å². The van der Waals surface area contributed by atoms with E-state index < -0.39 is 0 Å². The molecule has 1 aliphatic heterocycles. The van der Waals surface area contributed by atoms with Crippen molar-refractivity contribution in [3.63, 3.8) is 0 Å². The monoisotopic (exact) mass is 195 g/mol. The molecule has 3 rings (SSSR count). The van der Waals surface area contributed by atoms with Gasteiger partial charge in [0.05, 0.1) is 0 Å². The molecule has 0 aromatic heterocycles. The Morgan fingerprint density at radius 2 is 1.80 bits per heavy atom. The fourth-order valence-corrected chi connectivity index (χ4v) is 2.08. The molecule has 0 saturated carbocycles. The van der Waals surface area contributed by atoms with Crippen molar-refractivity contribution in [3.05, 3.63) is 54.1 Å². The van der Waals surface area contributed by atoms with Gasteiger partial charge in [0.2, 0.25) is 0 Å². The molecule has 1 heterocycles. The van der Waals surface area contributed by atoms with Gasteiger partial charge in [-0.15, -0.1) is 0 Å². The standard InChI is InChI=1S/C14H13N/c1-2-4-12-9-13(6-5-11(12)3-1)14-7-8-15-10-14/h1-7,9,15H,8,10H2. The van der Waals surface area contributed by atoms with Crippen LogP contribution in [0.4, 0.5) is 0 Å². The topological polar surface area (TPSA) is 12.0 Å². The lowest BCUT2D eigenvalue weighted by molar-refractivity contribution is 0.897. The Morgan fingerprint density at radius 3 is 2.60 bits per heavy atom. The second-order valence-electron chi connectivity index (χ2n) is 3.92. The van der Waals surface area contributed by atoms with E-state index in [0.717, 1.165) is 13.1 Å². The summed E-state index contributed by atoms with van der Waals surface area (Å²) >= 11 is 0. The van der Waals surface area contributed by atoms with Crippen LogP contribution >= 0.6 is 0 Å². The van der Waals surface area contributed by atoms with E-state index in [2.05, 4.69) is 53.9 Å².